The number of carbonyl (C=O) groups is 3. The molecule has 2 atom stereocenters. The average molecular weight is 512 g/mol. The summed E-state index contributed by atoms with van der Waals surface area (Å²) in [6.07, 6.45) is 1.99. The van der Waals surface area contributed by atoms with E-state index in [4.69, 9.17) is 4.74 Å². The first kappa shape index (κ1) is 25.5. The molecule has 3 aromatic rings. The van der Waals surface area contributed by atoms with Gasteiger partial charge in [0.05, 0.1) is 13.0 Å². The van der Waals surface area contributed by atoms with E-state index in [9.17, 15) is 14.4 Å². The predicted octanol–water partition coefficient (Wildman–Crippen LogP) is 5.25. The van der Waals surface area contributed by atoms with Gasteiger partial charge in [-0.15, -0.1) is 0 Å². The number of hydrogen-bond donors (Lipinski definition) is 1. The molecule has 3 amide bonds. The quantitative estimate of drug-likeness (QED) is 0.470. The monoisotopic (exact) mass is 511 g/mol. The molecule has 196 valence electrons. The zero-order valence-electron chi connectivity index (χ0n) is 21.6. The number of nitrogens with zero attached hydrogens (tertiary/aromatic N) is 2. The van der Waals surface area contributed by atoms with E-state index in [1.54, 1.807) is 17.0 Å². The Bertz CT molecular complexity index is 1290. The summed E-state index contributed by atoms with van der Waals surface area (Å²) in [7, 11) is 0. The molecule has 0 aliphatic carbocycles. The fraction of sp³-hybridized carbons (Fsp3) is 0.323. The average Bonchev–Trinajstić information content (AvgIpc) is 3.26. The lowest BCUT2D eigenvalue weighted by molar-refractivity contribution is -0.137. The summed E-state index contributed by atoms with van der Waals surface area (Å²) in [5.74, 6) is -0.232. The second-order valence-corrected chi connectivity index (χ2v) is 10.1. The highest BCUT2D eigenvalue weighted by atomic mass is 16.6. The number of hydrogen-bond acceptors (Lipinski definition) is 4. The summed E-state index contributed by atoms with van der Waals surface area (Å²) in [6, 6.07) is 24.0. The number of likely N-dealkylation sites (tertiary alicyclic amines) is 1. The molecule has 0 saturated carbocycles. The SMILES string of the molecule is Cc1ccc(CN2C(=O)O[C@@H](c3cccc(NC(=O)Cc4ccccc4)c3)[C@H]2C(=O)N2CCCCC2)cc1. The molecule has 2 heterocycles. The maximum absolute atomic E-state index is 13.8. The van der Waals surface area contributed by atoms with E-state index in [1.807, 2.05) is 78.6 Å². The van der Waals surface area contributed by atoms with E-state index >= 15 is 0 Å². The van der Waals surface area contributed by atoms with Crippen LogP contribution in [0.4, 0.5) is 10.5 Å². The molecular weight excluding hydrogens is 478 g/mol. The van der Waals surface area contributed by atoms with E-state index in [0.29, 0.717) is 24.3 Å². The second kappa shape index (κ2) is 11.5. The van der Waals surface area contributed by atoms with Gasteiger partial charge in [0.1, 0.15) is 0 Å². The van der Waals surface area contributed by atoms with Crippen LogP contribution in [0.15, 0.2) is 78.9 Å². The first-order valence-corrected chi connectivity index (χ1v) is 13.2. The van der Waals surface area contributed by atoms with Gasteiger partial charge in [-0.2, -0.15) is 0 Å². The van der Waals surface area contributed by atoms with Crippen molar-refractivity contribution in [2.75, 3.05) is 18.4 Å². The summed E-state index contributed by atoms with van der Waals surface area (Å²) in [6.45, 7) is 3.67. The fourth-order valence-corrected chi connectivity index (χ4v) is 5.17. The van der Waals surface area contributed by atoms with Gasteiger partial charge in [-0.25, -0.2) is 4.79 Å². The normalized spacial score (nSPS) is 19.2. The van der Waals surface area contributed by atoms with Gasteiger partial charge in [-0.1, -0.05) is 72.3 Å². The number of rotatable bonds is 7. The largest absolute Gasteiger partial charge is 0.438 e. The van der Waals surface area contributed by atoms with Crippen molar-refractivity contribution in [3.63, 3.8) is 0 Å². The lowest BCUT2D eigenvalue weighted by Crippen LogP contribution is -2.49. The number of benzene rings is 3. The highest BCUT2D eigenvalue weighted by Crippen LogP contribution is 2.36. The van der Waals surface area contributed by atoms with Gasteiger partial charge in [-0.3, -0.25) is 14.5 Å². The molecule has 7 heteroatoms. The molecule has 3 aromatic carbocycles. The summed E-state index contributed by atoms with van der Waals surface area (Å²) >= 11 is 0. The molecule has 38 heavy (non-hydrogen) atoms. The smallest absolute Gasteiger partial charge is 0.411 e. The third-order valence-electron chi connectivity index (χ3n) is 7.19. The summed E-state index contributed by atoms with van der Waals surface area (Å²) in [4.78, 5) is 43.1. The zero-order chi connectivity index (χ0) is 26.5. The van der Waals surface area contributed by atoms with Gasteiger partial charge in [0.25, 0.3) is 0 Å². The van der Waals surface area contributed by atoms with Gasteiger partial charge < -0.3 is 15.0 Å². The molecule has 0 aromatic heterocycles. The van der Waals surface area contributed by atoms with Crippen LogP contribution in [0.25, 0.3) is 0 Å². The Balaban J connectivity index is 1.39. The van der Waals surface area contributed by atoms with E-state index in [-0.39, 0.29) is 24.8 Å². The second-order valence-electron chi connectivity index (χ2n) is 10.1. The third-order valence-corrected chi connectivity index (χ3v) is 7.19. The van der Waals surface area contributed by atoms with Gasteiger partial charge in [0.15, 0.2) is 12.1 Å². The molecule has 0 bridgehead atoms. The van der Waals surface area contributed by atoms with E-state index in [2.05, 4.69) is 5.32 Å². The van der Waals surface area contributed by atoms with Crippen LogP contribution in [0, 0.1) is 6.92 Å². The minimum absolute atomic E-state index is 0.0915. The molecule has 0 spiro atoms. The van der Waals surface area contributed by atoms with Crippen LogP contribution in [-0.4, -0.2) is 46.8 Å². The van der Waals surface area contributed by atoms with Crippen LogP contribution in [0.1, 0.15) is 47.6 Å². The summed E-state index contributed by atoms with van der Waals surface area (Å²) in [5, 5.41) is 2.94. The van der Waals surface area contributed by atoms with Gasteiger partial charge >= 0.3 is 6.09 Å². The molecule has 2 aliphatic heterocycles. The standard InChI is InChI=1S/C31H33N3O4/c1-22-13-15-24(16-14-22)21-34-28(30(36)33-17-6-3-7-18-33)29(38-31(34)37)25-11-8-12-26(20-25)32-27(35)19-23-9-4-2-5-10-23/h2,4-5,8-16,20,28-29H,3,6-7,17-19,21H2,1H3,(H,32,35)/t28-,29-/m0/s1. The zero-order valence-corrected chi connectivity index (χ0v) is 21.6. The van der Waals surface area contributed by atoms with Crippen molar-refractivity contribution in [3.8, 4) is 0 Å². The highest BCUT2D eigenvalue weighted by molar-refractivity contribution is 5.92. The topological polar surface area (TPSA) is 79.0 Å². The van der Waals surface area contributed by atoms with Crippen molar-refractivity contribution in [2.45, 2.75) is 51.3 Å². The highest BCUT2D eigenvalue weighted by Gasteiger charge is 2.48. The molecule has 7 nitrogen and oxygen atoms in total. The van der Waals surface area contributed by atoms with Crippen molar-refractivity contribution < 1.29 is 19.1 Å². The number of amides is 3. The van der Waals surface area contributed by atoms with Gasteiger partial charge in [0.2, 0.25) is 11.8 Å². The van der Waals surface area contributed by atoms with Gasteiger partial charge in [0, 0.05) is 18.8 Å². The Morgan fingerprint density at radius 3 is 2.37 bits per heavy atom. The molecule has 1 N–H and O–H groups in total. The van der Waals surface area contributed by atoms with Crippen LogP contribution in [0.3, 0.4) is 0 Å². The van der Waals surface area contributed by atoms with Crippen molar-refractivity contribution in [1.82, 2.24) is 9.80 Å². The van der Waals surface area contributed by atoms with Crippen molar-refractivity contribution >= 4 is 23.6 Å². The van der Waals surface area contributed by atoms with Crippen LogP contribution >= 0.6 is 0 Å². The van der Waals surface area contributed by atoms with Crippen molar-refractivity contribution in [1.29, 1.82) is 0 Å². The number of piperidine rings is 1. The molecule has 2 aliphatic rings. The minimum atomic E-state index is -0.780. The summed E-state index contributed by atoms with van der Waals surface area (Å²) in [5.41, 5.74) is 4.26. The number of carbonyl (C=O) groups excluding carboxylic acids is 3. The van der Waals surface area contributed by atoms with Crippen LogP contribution in [-0.2, 0) is 27.3 Å². The van der Waals surface area contributed by atoms with Gasteiger partial charge in [-0.05, 0) is 55.0 Å². The van der Waals surface area contributed by atoms with E-state index in [1.165, 1.54) is 0 Å². The number of cyclic esters (lactones) is 1. The minimum Gasteiger partial charge on any atom is -0.438 e. The lowest BCUT2D eigenvalue weighted by Gasteiger charge is -2.33. The summed E-state index contributed by atoms with van der Waals surface area (Å²) < 4.78 is 5.86. The van der Waals surface area contributed by atoms with Crippen molar-refractivity contribution in [3.05, 3.63) is 101 Å². The van der Waals surface area contributed by atoms with E-state index < -0.39 is 18.2 Å². The first-order valence-electron chi connectivity index (χ1n) is 13.2. The Kier molecular flexibility index (Phi) is 7.73. The molecule has 0 radical (unpaired) electrons. The first-order chi connectivity index (χ1) is 18.5. The molecule has 2 saturated heterocycles. The van der Waals surface area contributed by atoms with Crippen molar-refractivity contribution in [2.24, 2.45) is 0 Å². The number of nitrogens with one attached hydrogen (secondary N) is 1. The predicted molar refractivity (Wildman–Crippen MR) is 145 cm³/mol. The van der Waals surface area contributed by atoms with E-state index in [0.717, 1.165) is 36.0 Å². The number of aryl methyl sites for hydroxylation is 1. The van der Waals surface area contributed by atoms with Crippen LogP contribution in [0.5, 0.6) is 0 Å². The van der Waals surface area contributed by atoms with Crippen LogP contribution in [0.2, 0.25) is 0 Å². The van der Waals surface area contributed by atoms with Crippen LogP contribution < -0.4 is 5.32 Å². The Labute approximate surface area is 223 Å². The lowest BCUT2D eigenvalue weighted by atomic mass is 9.98. The maximum atomic E-state index is 13.8. The fourth-order valence-electron chi connectivity index (χ4n) is 5.17. The number of anilines is 1. The Morgan fingerprint density at radius 2 is 1.63 bits per heavy atom. The number of ether oxygens (including phenoxy) is 1. The molecule has 2 fully saturated rings. The third kappa shape index (κ3) is 5.88. The Hall–Kier alpha value is -4.13. The molecule has 5 rings (SSSR count). The molecular formula is C31H33N3O4. The molecule has 0 unspecified atom stereocenters. The Morgan fingerprint density at radius 1 is 0.895 bits per heavy atom. The maximum Gasteiger partial charge on any atom is 0.411 e.